The van der Waals surface area contributed by atoms with Crippen molar-refractivity contribution >= 4 is 5.91 Å². The number of hydrogen-bond acceptors (Lipinski definition) is 3. The highest BCUT2D eigenvalue weighted by molar-refractivity contribution is 5.93. The number of hydrogen-bond donors (Lipinski definition) is 0. The molecule has 0 bridgehead atoms. The van der Waals surface area contributed by atoms with Crippen molar-refractivity contribution in [3.63, 3.8) is 0 Å². The van der Waals surface area contributed by atoms with Crippen LogP contribution in [0.25, 0.3) is 0 Å². The zero-order chi connectivity index (χ0) is 18.1. The van der Waals surface area contributed by atoms with Crippen molar-refractivity contribution < 1.29 is 18.3 Å². The number of carbonyl (C=O) groups is 1. The fourth-order valence-corrected chi connectivity index (χ4v) is 3.77. The van der Waals surface area contributed by atoms with Crippen molar-refractivity contribution in [1.29, 1.82) is 0 Å². The maximum Gasteiger partial charge on any atom is 0.272 e. The zero-order valence-electron chi connectivity index (χ0n) is 14.4. The third-order valence-electron chi connectivity index (χ3n) is 5.09. The first-order chi connectivity index (χ1) is 12.5. The first kappa shape index (κ1) is 17.0. The number of halogens is 2. The number of alkyl halides is 2. The minimum absolute atomic E-state index is 0.142. The number of rotatable bonds is 4. The van der Waals surface area contributed by atoms with E-state index >= 15 is 0 Å². The third kappa shape index (κ3) is 3.18. The molecular weight excluding hydrogens is 340 g/mol. The first-order valence-electron chi connectivity index (χ1n) is 8.98. The molecule has 0 N–H and O–H groups in total. The predicted octanol–water partition coefficient (Wildman–Crippen LogP) is 3.50. The summed E-state index contributed by atoms with van der Waals surface area (Å²) < 4.78 is 35.8. The van der Waals surface area contributed by atoms with Gasteiger partial charge in [0.1, 0.15) is 23.7 Å². The Kier molecular flexibility index (Phi) is 4.38. The van der Waals surface area contributed by atoms with Crippen molar-refractivity contribution in [3.8, 4) is 5.75 Å². The number of nitrogens with zero attached hydrogens (tertiary/aromatic N) is 3. The molecule has 1 aromatic carbocycles. The van der Waals surface area contributed by atoms with E-state index in [0.29, 0.717) is 36.5 Å². The van der Waals surface area contributed by atoms with Gasteiger partial charge in [-0.25, -0.2) is 8.78 Å². The van der Waals surface area contributed by atoms with Crippen LogP contribution in [-0.2, 0) is 13.2 Å². The van der Waals surface area contributed by atoms with Crippen LogP contribution in [0.4, 0.5) is 8.78 Å². The number of fused-ring (bicyclic) bond motifs is 1. The van der Waals surface area contributed by atoms with Gasteiger partial charge >= 0.3 is 0 Å². The lowest BCUT2D eigenvalue weighted by molar-refractivity contribution is -0.0988. The van der Waals surface area contributed by atoms with Crippen molar-refractivity contribution in [2.24, 2.45) is 0 Å². The smallest absolute Gasteiger partial charge is 0.272 e. The van der Waals surface area contributed by atoms with Crippen molar-refractivity contribution in [1.82, 2.24) is 14.7 Å². The average molecular weight is 361 g/mol. The molecule has 0 radical (unpaired) electrons. The maximum absolute atomic E-state index is 14.3. The standard InChI is InChI=1S/C19H21F2N3O2/c20-19(21)9-5-4-8-17(19)23-10-11-24-16(18(23)25)12-14(22-24)13-26-15-6-2-1-3-7-15/h1-3,6-7,12,17H,4-5,8-11,13H2. The highest BCUT2D eigenvalue weighted by Crippen LogP contribution is 2.37. The highest BCUT2D eigenvalue weighted by Gasteiger charge is 2.47. The summed E-state index contributed by atoms with van der Waals surface area (Å²) in [4.78, 5) is 14.1. The van der Waals surface area contributed by atoms with E-state index in [2.05, 4.69) is 5.10 Å². The Morgan fingerprint density at radius 3 is 2.77 bits per heavy atom. The second kappa shape index (κ2) is 6.70. The largest absolute Gasteiger partial charge is 0.487 e. The van der Waals surface area contributed by atoms with E-state index in [0.717, 1.165) is 6.42 Å². The molecule has 26 heavy (non-hydrogen) atoms. The lowest BCUT2D eigenvalue weighted by Gasteiger charge is -2.41. The molecule has 1 unspecified atom stereocenters. The van der Waals surface area contributed by atoms with Crippen LogP contribution in [0.5, 0.6) is 5.75 Å². The minimum atomic E-state index is -2.81. The van der Waals surface area contributed by atoms with E-state index in [1.54, 1.807) is 10.7 Å². The summed E-state index contributed by atoms with van der Waals surface area (Å²) in [6.07, 6.45) is 1.47. The number of benzene rings is 1. The molecular formula is C19H21F2N3O2. The molecule has 138 valence electrons. The van der Waals surface area contributed by atoms with Crippen molar-refractivity contribution in [2.75, 3.05) is 6.54 Å². The summed E-state index contributed by atoms with van der Waals surface area (Å²) in [5, 5.41) is 4.39. The van der Waals surface area contributed by atoms with Gasteiger partial charge < -0.3 is 9.64 Å². The van der Waals surface area contributed by atoms with Crippen molar-refractivity contribution in [2.45, 2.75) is 50.8 Å². The van der Waals surface area contributed by atoms with Crippen LogP contribution in [0.3, 0.4) is 0 Å². The summed E-state index contributed by atoms with van der Waals surface area (Å²) in [5.74, 6) is -2.45. The van der Waals surface area contributed by atoms with Gasteiger partial charge in [-0.1, -0.05) is 24.6 Å². The van der Waals surface area contributed by atoms with E-state index in [-0.39, 0.29) is 25.5 Å². The fourth-order valence-electron chi connectivity index (χ4n) is 3.77. The lowest BCUT2D eigenvalue weighted by atomic mass is 9.90. The molecule has 2 aromatic rings. The molecule has 1 aliphatic carbocycles. The molecule has 2 aliphatic rings. The summed E-state index contributed by atoms with van der Waals surface area (Å²) in [6.45, 7) is 0.933. The Balaban J connectivity index is 1.49. The van der Waals surface area contributed by atoms with Gasteiger partial charge in [0.2, 0.25) is 0 Å². The Bertz CT molecular complexity index is 791. The SMILES string of the molecule is O=C1c2cc(COc3ccccc3)nn2CCN1C1CCCCC1(F)F. The number of carbonyl (C=O) groups excluding carboxylic acids is 1. The Labute approximate surface area is 150 Å². The zero-order valence-corrected chi connectivity index (χ0v) is 14.4. The molecule has 5 nitrogen and oxygen atoms in total. The van der Waals surface area contributed by atoms with Gasteiger partial charge in [-0.05, 0) is 31.0 Å². The third-order valence-corrected chi connectivity index (χ3v) is 5.09. The molecule has 0 saturated heterocycles. The maximum atomic E-state index is 14.3. The van der Waals surface area contributed by atoms with Crippen LogP contribution >= 0.6 is 0 Å². The molecule has 4 rings (SSSR count). The molecule has 1 aliphatic heterocycles. The molecule has 1 amide bonds. The Morgan fingerprint density at radius 2 is 2.00 bits per heavy atom. The first-order valence-corrected chi connectivity index (χ1v) is 8.98. The van der Waals surface area contributed by atoms with Gasteiger partial charge in [-0.15, -0.1) is 0 Å². The number of ether oxygens (including phenoxy) is 1. The number of amides is 1. The molecule has 1 fully saturated rings. The van der Waals surface area contributed by atoms with Crippen LogP contribution in [0.15, 0.2) is 36.4 Å². The van der Waals surface area contributed by atoms with Crippen LogP contribution in [-0.4, -0.2) is 39.1 Å². The normalized spacial score (nSPS) is 22.2. The van der Waals surface area contributed by atoms with Crippen LogP contribution in [0.2, 0.25) is 0 Å². The summed E-state index contributed by atoms with van der Waals surface area (Å²) in [7, 11) is 0. The molecule has 1 atom stereocenters. The molecule has 7 heteroatoms. The van der Waals surface area contributed by atoms with Crippen LogP contribution < -0.4 is 4.74 Å². The average Bonchev–Trinajstić information content (AvgIpc) is 3.06. The Morgan fingerprint density at radius 1 is 1.19 bits per heavy atom. The van der Waals surface area contributed by atoms with Crippen LogP contribution in [0, 0.1) is 0 Å². The topological polar surface area (TPSA) is 47.4 Å². The second-order valence-electron chi connectivity index (χ2n) is 6.87. The van der Waals surface area contributed by atoms with E-state index in [9.17, 15) is 13.6 Å². The summed E-state index contributed by atoms with van der Waals surface area (Å²) in [5.41, 5.74) is 0.985. The molecule has 1 saturated carbocycles. The van der Waals surface area contributed by atoms with Gasteiger partial charge in [-0.3, -0.25) is 9.48 Å². The van der Waals surface area contributed by atoms with Gasteiger partial charge in [0.05, 0.1) is 12.6 Å². The van der Waals surface area contributed by atoms with Crippen molar-refractivity contribution in [3.05, 3.63) is 47.8 Å². The van der Waals surface area contributed by atoms with Gasteiger partial charge in [0, 0.05) is 13.0 Å². The lowest BCUT2D eigenvalue weighted by Crippen LogP contribution is -2.55. The Hall–Kier alpha value is -2.44. The second-order valence-corrected chi connectivity index (χ2v) is 6.87. The van der Waals surface area contributed by atoms with Crippen LogP contribution in [0.1, 0.15) is 41.9 Å². The summed E-state index contributed by atoms with van der Waals surface area (Å²) >= 11 is 0. The van der Waals surface area contributed by atoms with E-state index in [1.165, 1.54) is 4.90 Å². The van der Waals surface area contributed by atoms with E-state index < -0.39 is 12.0 Å². The van der Waals surface area contributed by atoms with E-state index in [4.69, 9.17) is 4.74 Å². The predicted molar refractivity (Wildman–Crippen MR) is 91.2 cm³/mol. The quantitative estimate of drug-likeness (QED) is 0.837. The minimum Gasteiger partial charge on any atom is -0.487 e. The molecule has 1 aromatic heterocycles. The van der Waals surface area contributed by atoms with E-state index in [1.807, 2.05) is 30.3 Å². The van der Waals surface area contributed by atoms with Gasteiger partial charge in [0.15, 0.2) is 0 Å². The number of aromatic nitrogens is 2. The fraction of sp³-hybridized carbons (Fsp3) is 0.474. The van der Waals surface area contributed by atoms with Gasteiger partial charge in [-0.2, -0.15) is 5.10 Å². The highest BCUT2D eigenvalue weighted by atomic mass is 19.3. The molecule has 2 heterocycles. The number of para-hydroxylation sites is 1. The van der Waals surface area contributed by atoms with Gasteiger partial charge in [0.25, 0.3) is 11.8 Å². The molecule has 0 spiro atoms. The monoisotopic (exact) mass is 361 g/mol. The summed E-state index contributed by atoms with van der Waals surface area (Å²) in [6, 6.07) is 9.98.